The number of rotatable bonds is 4. The van der Waals surface area contributed by atoms with E-state index in [4.69, 9.17) is 0 Å². The molecule has 2 heterocycles. The molecule has 6 nitrogen and oxygen atoms in total. The van der Waals surface area contributed by atoms with Crippen LogP contribution in [0.5, 0.6) is 0 Å². The molecule has 3 N–H and O–H groups in total. The van der Waals surface area contributed by atoms with Gasteiger partial charge in [-0.1, -0.05) is 42.0 Å². The van der Waals surface area contributed by atoms with E-state index in [9.17, 15) is 23.1 Å². The molecule has 0 spiro atoms. The van der Waals surface area contributed by atoms with Gasteiger partial charge in [-0.15, -0.1) is 0 Å². The van der Waals surface area contributed by atoms with Gasteiger partial charge < -0.3 is 15.7 Å². The minimum atomic E-state index is -4.52. The van der Waals surface area contributed by atoms with Crippen LogP contribution in [0.15, 0.2) is 54.7 Å². The molecule has 1 aromatic heterocycles. The van der Waals surface area contributed by atoms with Crippen molar-refractivity contribution >= 4 is 17.4 Å². The number of halogens is 3. The molecule has 9 heteroatoms. The van der Waals surface area contributed by atoms with E-state index < -0.39 is 30.3 Å². The van der Waals surface area contributed by atoms with Crippen LogP contribution in [-0.2, 0) is 0 Å². The van der Waals surface area contributed by atoms with Gasteiger partial charge in [0.15, 0.2) is 6.04 Å². The summed E-state index contributed by atoms with van der Waals surface area (Å²) in [6, 6.07) is 11.4. The highest BCUT2D eigenvalue weighted by molar-refractivity contribution is 6.07. The van der Waals surface area contributed by atoms with E-state index in [0.29, 0.717) is 16.8 Å². The second kappa shape index (κ2) is 8.31. The highest BCUT2D eigenvalue weighted by atomic mass is 19.4. The van der Waals surface area contributed by atoms with Gasteiger partial charge in [0, 0.05) is 12.1 Å². The molecule has 0 saturated carbocycles. The molecule has 3 aromatic rings. The summed E-state index contributed by atoms with van der Waals surface area (Å²) in [4.78, 5) is 12.9. The fourth-order valence-corrected chi connectivity index (χ4v) is 3.79. The molecule has 168 valence electrons. The number of carbonyl (C=O) groups is 1. The Labute approximate surface area is 183 Å². The summed E-state index contributed by atoms with van der Waals surface area (Å²) < 4.78 is 42.3. The van der Waals surface area contributed by atoms with Crippen LogP contribution in [-0.4, -0.2) is 27.0 Å². The molecule has 0 saturated heterocycles. The molecule has 32 heavy (non-hydrogen) atoms. The van der Waals surface area contributed by atoms with Gasteiger partial charge in [0.05, 0.1) is 18.3 Å². The van der Waals surface area contributed by atoms with Crippen LogP contribution in [0.25, 0.3) is 0 Å². The van der Waals surface area contributed by atoms with Gasteiger partial charge in [0.25, 0.3) is 5.91 Å². The Bertz CT molecular complexity index is 1110. The first-order chi connectivity index (χ1) is 15.1. The number of amides is 1. The second-order valence-corrected chi connectivity index (χ2v) is 8.00. The highest BCUT2D eigenvalue weighted by Crippen LogP contribution is 2.44. The Hall–Kier alpha value is -3.33. The van der Waals surface area contributed by atoms with Crippen molar-refractivity contribution in [2.45, 2.75) is 44.6 Å². The summed E-state index contributed by atoms with van der Waals surface area (Å²) in [5, 5.41) is 19.3. The molecule has 1 aliphatic heterocycles. The van der Waals surface area contributed by atoms with Crippen LogP contribution < -0.4 is 10.6 Å². The van der Waals surface area contributed by atoms with E-state index in [2.05, 4.69) is 15.7 Å². The molecule has 4 rings (SSSR count). The third kappa shape index (κ3) is 4.34. The number of alkyl halides is 3. The van der Waals surface area contributed by atoms with Gasteiger partial charge in [0.1, 0.15) is 11.4 Å². The number of aromatic nitrogens is 2. The predicted molar refractivity (Wildman–Crippen MR) is 115 cm³/mol. The number of anilines is 2. The number of nitrogens with one attached hydrogen (secondary N) is 2. The van der Waals surface area contributed by atoms with Crippen molar-refractivity contribution in [2.24, 2.45) is 0 Å². The average molecular weight is 444 g/mol. The lowest BCUT2D eigenvalue weighted by Crippen LogP contribution is -2.36. The van der Waals surface area contributed by atoms with E-state index in [1.165, 1.54) is 0 Å². The number of carbonyl (C=O) groups excluding carboxylic acids is 1. The molecule has 2 aromatic carbocycles. The molecule has 1 amide bonds. The Morgan fingerprint density at radius 3 is 2.44 bits per heavy atom. The van der Waals surface area contributed by atoms with Crippen LogP contribution in [0.3, 0.4) is 0 Å². The predicted octanol–water partition coefficient (Wildman–Crippen LogP) is 5.16. The maximum atomic E-state index is 13.8. The van der Waals surface area contributed by atoms with Crippen LogP contribution in [0.2, 0.25) is 0 Å². The van der Waals surface area contributed by atoms with Crippen molar-refractivity contribution in [3.63, 3.8) is 0 Å². The summed E-state index contributed by atoms with van der Waals surface area (Å²) >= 11 is 0. The Morgan fingerprint density at radius 1 is 1.19 bits per heavy atom. The van der Waals surface area contributed by atoms with Gasteiger partial charge in [-0.05, 0) is 37.1 Å². The number of fused-ring (bicyclic) bond motifs is 1. The number of aryl methyl sites for hydroxylation is 1. The fourth-order valence-electron chi connectivity index (χ4n) is 3.79. The third-order valence-electron chi connectivity index (χ3n) is 5.61. The molecule has 0 radical (unpaired) electrons. The van der Waals surface area contributed by atoms with Crippen LogP contribution in [0.4, 0.5) is 24.7 Å². The molecule has 0 aliphatic carbocycles. The smallest absolute Gasteiger partial charge is 0.389 e. The number of hydrogen-bond donors (Lipinski definition) is 3. The van der Waals surface area contributed by atoms with Crippen LogP contribution in [0.1, 0.15) is 58.6 Å². The third-order valence-corrected chi connectivity index (χ3v) is 5.61. The molecular weight excluding hydrogens is 421 g/mol. The fraction of sp³-hybridized carbons (Fsp3) is 0.304. The largest absolute Gasteiger partial charge is 0.410 e. The summed E-state index contributed by atoms with van der Waals surface area (Å²) in [6.07, 6.45) is -4.25. The Morgan fingerprint density at radius 2 is 1.84 bits per heavy atom. The number of benzene rings is 2. The van der Waals surface area contributed by atoms with Gasteiger partial charge in [-0.2, -0.15) is 18.3 Å². The normalized spacial score (nSPS) is 19.1. The first kappa shape index (κ1) is 21.9. The maximum absolute atomic E-state index is 13.8. The van der Waals surface area contributed by atoms with Crippen molar-refractivity contribution in [3.8, 4) is 0 Å². The SMILES string of the molecule is Cc1ccc([C@H]2C[C@H](C(F)(F)F)n3ncc(C(=O)Nc4ccc([C@H](C)O)cc4)c3N2)cc1. The van der Waals surface area contributed by atoms with Crippen molar-refractivity contribution in [2.75, 3.05) is 10.6 Å². The first-order valence-electron chi connectivity index (χ1n) is 10.2. The lowest BCUT2D eigenvalue weighted by Gasteiger charge is -2.34. The standard InChI is InChI=1S/C23H23F3N4O2/c1-13-3-5-16(6-4-13)19-11-20(23(24,25)26)30-21(29-19)18(12-27-30)22(32)28-17-9-7-15(8-10-17)14(2)31/h3-10,12,14,19-20,29,31H,11H2,1-2H3,(H,28,32)/t14-,19+,20+/m0/s1. The average Bonchev–Trinajstić information content (AvgIpc) is 3.17. The number of aliphatic hydroxyl groups is 1. The van der Waals surface area contributed by atoms with E-state index in [1.54, 1.807) is 43.3 Å². The lowest BCUT2D eigenvalue weighted by atomic mass is 9.96. The number of nitrogens with zero attached hydrogens (tertiary/aromatic N) is 2. The monoisotopic (exact) mass is 444 g/mol. The minimum Gasteiger partial charge on any atom is -0.389 e. The molecule has 3 atom stereocenters. The molecular formula is C23H23F3N4O2. The number of hydrogen-bond acceptors (Lipinski definition) is 4. The zero-order chi connectivity index (χ0) is 23.0. The maximum Gasteiger partial charge on any atom is 0.410 e. The summed E-state index contributed by atoms with van der Waals surface area (Å²) in [7, 11) is 0. The second-order valence-electron chi connectivity index (χ2n) is 8.00. The first-order valence-corrected chi connectivity index (χ1v) is 10.2. The van der Waals surface area contributed by atoms with E-state index in [0.717, 1.165) is 16.4 Å². The van der Waals surface area contributed by atoms with Gasteiger partial charge in [0.2, 0.25) is 0 Å². The van der Waals surface area contributed by atoms with E-state index in [1.807, 2.05) is 19.1 Å². The minimum absolute atomic E-state index is 0.0238. The van der Waals surface area contributed by atoms with Crippen LogP contribution in [0, 0.1) is 6.92 Å². The van der Waals surface area contributed by atoms with Gasteiger partial charge in [-0.3, -0.25) is 4.79 Å². The summed E-state index contributed by atoms with van der Waals surface area (Å²) in [5.41, 5.74) is 2.87. The van der Waals surface area contributed by atoms with Crippen molar-refractivity contribution in [1.82, 2.24) is 9.78 Å². The molecule has 0 fully saturated rings. The quantitative estimate of drug-likeness (QED) is 0.520. The highest BCUT2D eigenvalue weighted by Gasteiger charge is 2.47. The van der Waals surface area contributed by atoms with Crippen molar-refractivity contribution in [3.05, 3.63) is 77.0 Å². The molecule has 0 bridgehead atoms. The van der Waals surface area contributed by atoms with Crippen LogP contribution >= 0.6 is 0 Å². The number of aliphatic hydroxyl groups excluding tert-OH is 1. The summed E-state index contributed by atoms with van der Waals surface area (Å²) in [6.45, 7) is 3.53. The zero-order valence-corrected chi connectivity index (χ0v) is 17.5. The van der Waals surface area contributed by atoms with E-state index in [-0.39, 0.29) is 17.8 Å². The van der Waals surface area contributed by atoms with Crippen molar-refractivity contribution in [1.29, 1.82) is 0 Å². The topological polar surface area (TPSA) is 79.2 Å². The van der Waals surface area contributed by atoms with Gasteiger partial charge >= 0.3 is 6.18 Å². The molecule has 0 unspecified atom stereocenters. The summed E-state index contributed by atoms with van der Waals surface area (Å²) in [5.74, 6) is -0.545. The lowest BCUT2D eigenvalue weighted by molar-refractivity contribution is -0.173. The van der Waals surface area contributed by atoms with Gasteiger partial charge in [-0.25, -0.2) is 4.68 Å². The van der Waals surface area contributed by atoms with Crippen molar-refractivity contribution < 1.29 is 23.1 Å². The molecule has 1 aliphatic rings. The Balaban J connectivity index is 1.64. The Kier molecular flexibility index (Phi) is 5.68. The zero-order valence-electron chi connectivity index (χ0n) is 17.5. The van der Waals surface area contributed by atoms with E-state index >= 15 is 0 Å².